The van der Waals surface area contributed by atoms with E-state index in [2.05, 4.69) is 26.5 Å². The second-order valence-electron chi connectivity index (χ2n) is 9.75. The highest BCUT2D eigenvalue weighted by Gasteiger charge is 2.31. The summed E-state index contributed by atoms with van der Waals surface area (Å²) in [5, 5.41) is 6.25. The van der Waals surface area contributed by atoms with Gasteiger partial charge in [0, 0.05) is 37.6 Å². The van der Waals surface area contributed by atoms with Gasteiger partial charge < -0.3 is 10.6 Å². The Labute approximate surface area is 214 Å². The Hall–Kier alpha value is -3.48. The average Bonchev–Trinajstić information content (AvgIpc) is 2.86. The van der Waals surface area contributed by atoms with Crippen LogP contribution in [0.5, 0.6) is 0 Å². The molecule has 0 spiro atoms. The normalized spacial score (nSPS) is 15.3. The summed E-state index contributed by atoms with van der Waals surface area (Å²) in [7, 11) is 0. The van der Waals surface area contributed by atoms with E-state index in [4.69, 9.17) is 0 Å². The van der Waals surface area contributed by atoms with E-state index in [1.807, 2.05) is 88.4 Å². The molecule has 6 heteroatoms. The molecule has 1 saturated heterocycles. The van der Waals surface area contributed by atoms with E-state index < -0.39 is 6.04 Å². The second-order valence-corrected chi connectivity index (χ2v) is 9.75. The number of nitrogens with one attached hydrogen (secondary N) is 2. The number of piperazine rings is 1. The Morgan fingerprint density at radius 1 is 0.778 bits per heavy atom. The lowest BCUT2D eigenvalue weighted by Gasteiger charge is -2.38. The number of carbonyl (C=O) groups is 2. The van der Waals surface area contributed by atoms with Crippen molar-refractivity contribution >= 4 is 23.2 Å². The fourth-order valence-corrected chi connectivity index (χ4v) is 4.81. The van der Waals surface area contributed by atoms with Crippen molar-refractivity contribution in [1.29, 1.82) is 0 Å². The van der Waals surface area contributed by atoms with Gasteiger partial charge in [0.25, 0.3) is 0 Å². The molecule has 36 heavy (non-hydrogen) atoms. The number of anilines is 2. The van der Waals surface area contributed by atoms with Crippen molar-refractivity contribution in [1.82, 2.24) is 9.80 Å². The lowest BCUT2D eigenvalue weighted by atomic mass is 10.0. The molecular formula is C30H36N4O2. The van der Waals surface area contributed by atoms with Gasteiger partial charge in [-0.05, 0) is 61.6 Å². The van der Waals surface area contributed by atoms with E-state index in [-0.39, 0.29) is 11.8 Å². The number of rotatable bonds is 7. The molecule has 1 heterocycles. The SMILES string of the molecule is Cc1ccc(C)c(NC(=O)[C@H](c2ccccc2)N2CCN(CC(=O)Nc3c(C)cccc3C)CC2)c1. The number of para-hydroxylation sites is 1. The van der Waals surface area contributed by atoms with Crippen molar-refractivity contribution in [2.75, 3.05) is 43.4 Å². The van der Waals surface area contributed by atoms with Crippen LogP contribution in [-0.2, 0) is 9.59 Å². The van der Waals surface area contributed by atoms with Crippen molar-refractivity contribution in [3.05, 3.63) is 94.5 Å². The molecule has 0 unspecified atom stereocenters. The maximum Gasteiger partial charge on any atom is 0.246 e. The first-order valence-electron chi connectivity index (χ1n) is 12.6. The number of carbonyl (C=O) groups excluding carboxylic acids is 2. The summed E-state index contributed by atoms with van der Waals surface area (Å²) in [4.78, 5) is 30.7. The zero-order valence-corrected chi connectivity index (χ0v) is 21.7. The van der Waals surface area contributed by atoms with Crippen LogP contribution in [0, 0.1) is 27.7 Å². The van der Waals surface area contributed by atoms with Crippen LogP contribution in [0.1, 0.15) is 33.9 Å². The Morgan fingerprint density at radius 3 is 2.11 bits per heavy atom. The van der Waals surface area contributed by atoms with Gasteiger partial charge in [0.1, 0.15) is 6.04 Å². The minimum absolute atomic E-state index is 0.00637. The van der Waals surface area contributed by atoms with Gasteiger partial charge in [-0.25, -0.2) is 0 Å². The summed E-state index contributed by atoms with van der Waals surface area (Å²) in [5.74, 6) is -0.0377. The van der Waals surface area contributed by atoms with Crippen molar-refractivity contribution in [2.45, 2.75) is 33.7 Å². The van der Waals surface area contributed by atoms with Gasteiger partial charge in [0.2, 0.25) is 11.8 Å². The minimum Gasteiger partial charge on any atom is -0.324 e. The minimum atomic E-state index is -0.392. The van der Waals surface area contributed by atoms with E-state index >= 15 is 0 Å². The fourth-order valence-electron chi connectivity index (χ4n) is 4.81. The largest absolute Gasteiger partial charge is 0.324 e. The molecule has 1 fully saturated rings. The van der Waals surface area contributed by atoms with Gasteiger partial charge in [-0.1, -0.05) is 60.7 Å². The third-order valence-corrected chi connectivity index (χ3v) is 6.90. The smallest absolute Gasteiger partial charge is 0.246 e. The Balaban J connectivity index is 1.42. The average molecular weight is 485 g/mol. The molecule has 3 aromatic rings. The van der Waals surface area contributed by atoms with Gasteiger partial charge in [0.15, 0.2) is 0 Å². The monoisotopic (exact) mass is 484 g/mol. The van der Waals surface area contributed by atoms with E-state index in [9.17, 15) is 9.59 Å². The highest BCUT2D eigenvalue weighted by Crippen LogP contribution is 2.26. The van der Waals surface area contributed by atoms with Gasteiger partial charge in [-0.3, -0.25) is 19.4 Å². The highest BCUT2D eigenvalue weighted by molar-refractivity contribution is 5.96. The molecule has 2 N–H and O–H groups in total. The van der Waals surface area contributed by atoms with Crippen LogP contribution in [0.15, 0.2) is 66.7 Å². The molecule has 1 atom stereocenters. The van der Waals surface area contributed by atoms with Crippen LogP contribution in [0.2, 0.25) is 0 Å². The first kappa shape index (κ1) is 25.6. The highest BCUT2D eigenvalue weighted by atomic mass is 16.2. The van der Waals surface area contributed by atoms with Crippen molar-refractivity contribution in [3.8, 4) is 0 Å². The standard InChI is InChI=1S/C30H36N4O2/c1-21-13-14-22(2)26(19-21)31-30(36)29(25-11-6-5-7-12-25)34-17-15-33(16-18-34)20-27(35)32-28-23(3)9-8-10-24(28)4/h5-14,19,29H,15-18,20H2,1-4H3,(H,31,36)(H,32,35)/t29-/m0/s1. The summed E-state index contributed by atoms with van der Waals surface area (Å²) in [6, 6.07) is 21.7. The first-order chi connectivity index (χ1) is 17.3. The summed E-state index contributed by atoms with van der Waals surface area (Å²) >= 11 is 0. The van der Waals surface area contributed by atoms with Crippen molar-refractivity contribution < 1.29 is 9.59 Å². The Morgan fingerprint density at radius 2 is 1.44 bits per heavy atom. The summed E-state index contributed by atoms with van der Waals surface area (Å²) in [5.41, 5.74) is 7.00. The lowest BCUT2D eigenvalue weighted by Crippen LogP contribution is -2.51. The number of nitrogens with zero attached hydrogens (tertiary/aromatic N) is 2. The van der Waals surface area contributed by atoms with E-state index in [0.717, 1.165) is 52.3 Å². The van der Waals surface area contributed by atoms with Crippen LogP contribution in [-0.4, -0.2) is 54.3 Å². The Bertz CT molecular complexity index is 1200. The Kier molecular flexibility index (Phi) is 8.18. The molecule has 4 rings (SSSR count). The number of benzene rings is 3. The molecule has 0 aromatic heterocycles. The maximum atomic E-state index is 13.6. The van der Waals surface area contributed by atoms with Crippen LogP contribution in [0.3, 0.4) is 0 Å². The molecule has 0 aliphatic carbocycles. The number of hydrogen-bond acceptors (Lipinski definition) is 4. The van der Waals surface area contributed by atoms with E-state index in [1.165, 1.54) is 0 Å². The topological polar surface area (TPSA) is 64.7 Å². The molecule has 6 nitrogen and oxygen atoms in total. The number of amides is 2. The van der Waals surface area contributed by atoms with Gasteiger partial charge in [-0.15, -0.1) is 0 Å². The molecule has 3 aromatic carbocycles. The zero-order valence-electron chi connectivity index (χ0n) is 21.7. The molecule has 0 bridgehead atoms. The summed E-state index contributed by atoms with van der Waals surface area (Å²) in [6.45, 7) is 11.2. The van der Waals surface area contributed by atoms with Gasteiger partial charge in [-0.2, -0.15) is 0 Å². The molecule has 188 valence electrons. The molecule has 0 saturated carbocycles. The van der Waals surface area contributed by atoms with Crippen LogP contribution >= 0.6 is 0 Å². The van der Waals surface area contributed by atoms with Gasteiger partial charge >= 0.3 is 0 Å². The van der Waals surface area contributed by atoms with Crippen LogP contribution in [0.25, 0.3) is 0 Å². The summed E-state index contributed by atoms with van der Waals surface area (Å²) < 4.78 is 0. The van der Waals surface area contributed by atoms with E-state index in [0.29, 0.717) is 19.6 Å². The van der Waals surface area contributed by atoms with E-state index in [1.54, 1.807) is 0 Å². The fraction of sp³-hybridized carbons (Fsp3) is 0.333. The quantitative estimate of drug-likeness (QED) is 0.503. The molecule has 0 radical (unpaired) electrons. The predicted molar refractivity (Wildman–Crippen MR) is 146 cm³/mol. The van der Waals surface area contributed by atoms with Crippen molar-refractivity contribution in [2.24, 2.45) is 0 Å². The summed E-state index contributed by atoms with van der Waals surface area (Å²) in [6.07, 6.45) is 0. The molecule has 1 aliphatic rings. The van der Waals surface area contributed by atoms with Gasteiger partial charge in [0.05, 0.1) is 6.54 Å². The molecule has 2 amide bonds. The number of hydrogen-bond donors (Lipinski definition) is 2. The van der Waals surface area contributed by atoms with Crippen LogP contribution < -0.4 is 10.6 Å². The van der Waals surface area contributed by atoms with Crippen molar-refractivity contribution in [3.63, 3.8) is 0 Å². The molecule has 1 aliphatic heterocycles. The lowest BCUT2D eigenvalue weighted by molar-refractivity contribution is -0.123. The zero-order chi connectivity index (χ0) is 25.7. The first-order valence-corrected chi connectivity index (χ1v) is 12.6. The predicted octanol–water partition coefficient (Wildman–Crippen LogP) is 4.86. The van der Waals surface area contributed by atoms with Crippen LogP contribution in [0.4, 0.5) is 11.4 Å². The number of aryl methyl sites for hydroxylation is 4. The maximum absolute atomic E-state index is 13.6. The second kappa shape index (κ2) is 11.5. The third kappa shape index (κ3) is 6.20. The molecular weight excluding hydrogens is 448 g/mol. The third-order valence-electron chi connectivity index (χ3n) is 6.90.